The summed E-state index contributed by atoms with van der Waals surface area (Å²) in [6.45, 7) is 3.26. The van der Waals surface area contributed by atoms with Gasteiger partial charge >= 0.3 is 0 Å². The van der Waals surface area contributed by atoms with E-state index in [1.165, 1.54) is 18.4 Å². The number of nitrogens with two attached hydrogens (primary N) is 1. The van der Waals surface area contributed by atoms with Crippen molar-refractivity contribution in [2.24, 2.45) is 11.7 Å². The van der Waals surface area contributed by atoms with Crippen LogP contribution >= 0.6 is 0 Å². The molecular weight excluding hydrogens is 226 g/mol. The van der Waals surface area contributed by atoms with E-state index in [9.17, 15) is 0 Å². The molecule has 1 heterocycles. The number of aromatic nitrogens is 1. The summed E-state index contributed by atoms with van der Waals surface area (Å²) in [7, 11) is 2.05. The average Bonchev–Trinajstić information content (AvgIpc) is 3.20. The smallest absolute Gasteiger partial charge is 0.128 e. The van der Waals surface area contributed by atoms with Gasteiger partial charge in [0.05, 0.1) is 6.61 Å². The molecule has 2 N–H and O–H groups in total. The minimum atomic E-state index is 0.672. The average molecular weight is 249 g/mol. The fourth-order valence-electron chi connectivity index (χ4n) is 1.81. The third-order valence-corrected chi connectivity index (χ3v) is 3.25. The molecule has 18 heavy (non-hydrogen) atoms. The number of anilines is 1. The van der Waals surface area contributed by atoms with Gasteiger partial charge in [-0.1, -0.05) is 6.07 Å². The summed E-state index contributed by atoms with van der Waals surface area (Å²) in [5.41, 5.74) is 6.71. The standard InChI is InChI=1S/C14H23N3O/c1-17(8-9-18-11-13-2-3-13)14-5-4-12(6-7-15)10-16-14/h4-5,10,13H,2-3,6-9,11,15H2,1H3. The highest BCUT2D eigenvalue weighted by molar-refractivity contribution is 5.38. The maximum absolute atomic E-state index is 5.63. The Bertz CT molecular complexity index is 349. The van der Waals surface area contributed by atoms with Crippen LogP contribution in [0.25, 0.3) is 0 Å². The molecule has 4 nitrogen and oxygen atoms in total. The largest absolute Gasteiger partial charge is 0.379 e. The topological polar surface area (TPSA) is 51.4 Å². The second-order valence-electron chi connectivity index (χ2n) is 5.00. The maximum atomic E-state index is 5.63. The predicted molar refractivity (Wildman–Crippen MR) is 73.8 cm³/mol. The van der Waals surface area contributed by atoms with Gasteiger partial charge in [0.1, 0.15) is 5.82 Å². The lowest BCUT2D eigenvalue weighted by atomic mass is 10.2. The minimum absolute atomic E-state index is 0.672. The second-order valence-corrected chi connectivity index (χ2v) is 5.00. The van der Waals surface area contributed by atoms with Crippen molar-refractivity contribution >= 4 is 5.82 Å². The second kappa shape index (κ2) is 6.71. The summed E-state index contributed by atoms with van der Waals surface area (Å²) in [5, 5.41) is 0. The minimum Gasteiger partial charge on any atom is -0.379 e. The summed E-state index contributed by atoms with van der Waals surface area (Å²) in [5.74, 6) is 1.83. The van der Waals surface area contributed by atoms with E-state index in [0.29, 0.717) is 6.54 Å². The summed E-state index contributed by atoms with van der Waals surface area (Å²) in [6, 6.07) is 4.14. The van der Waals surface area contributed by atoms with Gasteiger partial charge in [0, 0.05) is 26.4 Å². The Balaban J connectivity index is 1.70. The number of hydrogen-bond donors (Lipinski definition) is 1. The Hall–Kier alpha value is -1.13. The van der Waals surface area contributed by atoms with Gasteiger partial charge in [-0.15, -0.1) is 0 Å². The number of ether oxygens (including phenoxy) is 1. The van der Waals surface area contributed by atoms with Crippen LogP contribution in [0.3, 0.4) is 0 Å². The monoisotopic (exact) mass is 249 g/mol. The molecule has 0 spiro atoms. The van der Waals surface area contributed by atoms with Gasteiger partial charge in [-0.2, -0.15) is 0 Å². The number of likely N-dealkylation sites (N-methyl/N-ethyl adjacent to an activating group) is 1. The van der Waals surface area contributed by atoms with E-state index in [0.717, 1.165) is 37.9 Å². The van der Waals surface area contributed by atoms with Crippen LogP contribution in [0.4, 0.5) is 5.82 Å². The van der Waals surface area contributed by atoms with Gasteiger partial charge in [0.25, 0.3) is 0 Å². The van der Waals surface area contributed by atoms with E-state index < -0.39 is 0 Å². The molecule has 1 aliphatic carbocycles. The molecule has 1 aromatic rings. The molecular formula is C14H23N3O. The van der Waals surface area contributed by atoms with Crippen LogP contribution in [0.2, 0.25) is 0 Å². The van der Waals surface area contributed by atoms with Gasteiger partial charge in [0.2, 0.25) is 0 Å². The van der Waals surface area contributed by atoms with E-state index in [-0.39, 0.29) is 0 Å². The molecule has 1 saturated carbocycles. The van der Waals surface area contributed by atoms with Crippen LogP contribution in [-0.4, -0.2) is 38.3 Å². The Morgan fingerprint density at radius 1 is 1.44 bits per heavy atom. The quantitative estimate of drug-likeness (QED) is 0.708. The lowest BCUT2D eigenvalue weighted by Crippen LogP contribution is -2.23. The van der Waals surface area contributed by atoms with Crippen LogP contribution in [-0.2, 0) is 11.2 Å². The molecule has 1 fully saturated rings. The zero-order valence-electron chi connectivity index (χ0n) is 11.1. The molecule has 0 aromatic carbocycles. The molecule has 0 saturated heterocycles. The summed E-state index contributed by atoms with van der Waals surface area (Å²) in [6.07, 6.45) is 5.49. The molecule has 2 rings (SSSR count). The first-order valence-electron chi connectivity index (χ1n) is 6.73. The third-order valence-electron chi connectivity index (χ3n) is 3.25. The van der Waals surface area contributed by atoms with Crippen molar-refractivity contribution in [3.8, 4) is 0 Å². The van der Waals surface area contributed by atoms with Crippen LogP contribution in [0.15, 0.2) is 18.3 Å². The lowest BCUT2D eigenvalue weighted by molar-refractivity contribution is 0.131. The Morgan fingerprint density at radius 3 is 2.89 bits per heavy atom. The van der Waals surface area contributed by atoms with E-state index in [1.54, 1.807) is 0 Å². The van der Waals surface area contributed by atoms with Gasteiger partial charge in [-0.05, 0) is 43.4 Å². The normalized spacial score (nSPS) is 14.8. The molecule has 0 aliphatic heterocycles. The van der Waals surface area contributed by atoms with E-state index >= 15 is 0 Å². The highest BCUT2D eigenvalue weighted by Crippen LogP contribution is 2.28. The molecule has 0 unspecified atom stereocenters. The van der Waals surface area contributed by atoms with Crippen molar-refractivity contribution in [1.82, 2.24) is 4.98 Å². The molecule has 0 radical (unpaired) electrons. The maximum Gasteiger partial charge on any atom is 0.128 e. The van der Waals surface area contributed by atoms with Crippen molar-refractivity contribution in [3.63, 3.8) is 0 Å². The molecule has 100 valence electrons. The van der Waals surface area contributed by atoms with E-state index in [1.807, 2.05) is 19.3 Å². The fourth-order valence-corrected chi connectivity index (χ4v) is 1.81. The van der Waals surface area contributed by atoms with E-state index in [2.05, 4.69) is 16.0 Å². The van der Waals surface area contributed by atoms with Gasteiger partial charge in [0.15, 0.2) is 0 Å². The highest BCUT2D eigenvalue weighted by Gasteiger charge is 2.20. The van der Waals surface area contributed by atoms with Gasteiger partial charge in [-0.3, -0.25) is 0 Å². The molecule has 1 aliphatic rings. The van der Waals surface area contributed by atoms with Crippen LogP contribution in [0.5, 0.6) is 0 Å². The van der Waals surface area contributed by atoms with Crippen molar-refractivity contribution in [3.05, 3.63) is 23.9 Å². The number of rotatable bonds is 8. The van der Waals surface area contributed by atoms with Crippen molar-refractivity contribution in [2.75, 3.05) is 38.3 Å². The molecule has 1 aromatic heterocycles. The molecule has 0 amide bonds. The van der Waals surface area contributed by atoms with Crippen molar-refractivity contribution < 1.29 is 4.74 Å². The van der Waals surface area contributed by atoms with Crippen molar-refractivity contribution in [2.45, 2.75) is 19.3 Å². The summed E-state index contributed by atoms with van der Waals surface area (Å²) >= 11 is 0. The Morgan fingerprint density at radius 2 is 2.28 bits per heavy atom. The molecule has 0 bridgehead atoms. The first-order valence-corrected chi connectivity index (χ1v) is 6.73. The number of pyridine rings is 1. The SMILES string of the molecule is CN(CCOCC1CC1)c1ccc(CCN)cn1. The number of nitrogens with zero attached hydrogens (tertiary/aromatic N) is 2. The zero-order chi connectivity index (χ0) is 12.8. The lowest BCUT2D eigenvalue weighted by Gasteiger charge is -2.18. The fraction of sp³-hybridized carbons (Fsp3) is 0.643. The predicted octanol–water partition coefficient (Wildman–Crippen LogP) is 1.45. The highest BCUT2D eigenvalue weighted by atomic mass is 16.5. The first-order chi connectivity index (χ1) is 8.79. The Kier molecular flexibility index (Phi) is 4.96. The van der Waals surface area contributed by atoms with Crippen LogP contribution < -0.4 is 10.6 Å². The first kappa shape index (κ1) is 13.3. The van der Waals surface area contributed by atoms with Crippen molar-refractivity contribution in [1.29, 1.82) is 0 Å². The zero-order valence-corrected chi connectivity index (χ0v) is 11.1. The van der Waals surface area contributed by atoms with E-state index in [4.69, 9.17) is 10.5 Å². The third kappa shape index (κ3) is 4.27. The molecule has 0 atom stereocenters. The van der Waals surface area contributed by atoms with Gasteiger partial charge in [-0.25, -0.2) is 4.98 Å². The van der Waals surface area contributed by atoms with Crippen LogP contribution in [0, 0.1) is 5.92 Å². The van der Waals surface area contributed by atoms with Gasteiger partial charge < -0.3 is 15.4 Å². The summed E-state index contributed by atoms with van der Waals surface area (Å²) < 4.78 is 5.63. The number of hydrogen-bond acceptors (Lipinski definition) is 4. The summed E-state index contributed by atoms with van der Waals surface area (Å²) in [4.78, 5) is 6.56. The Labute approximate surface area is 109 Å². The molecule has 4 heteroatoms. The van der Waals surface area contributed by atoms with Crippen LogP contribution in [0.1, 0.15) is 18.4 Å².